The van der Waals surface area contributed by atoms with Gasteiger partial charge in [-0.3, -0.25) is 15.6 Å². The van der Waals surface area contributed by atoms with Gasteiger partial charge in [-0.05, 0) is 24.4 Å². The molecule has 0 unspecified atom stereocenters. The maximum absolute atomic E-state index is 11.4. The maximum atomic E-state index is 11.4. The third-order valence-corrected chi connectivity index (χ3v) is 2.28. The van der Waals surface area contributed by atoms with Gasteiger partial charge in [0.1, 0.15) is 0 Å². The number of thiocarbonyl (C=S) groups is 1. The molecule has 1 aromatic carbocycles. The van der Waals surface area contributed by atoms with E-state index in [0.29, 0.717) is 16.6 Å². The smallest absolute Gasteiger partial charge is 0.276 e. The average Bonchev–Trinajstić information content (AvgIpc) is 2.42. The highest BCUT2D eigenvalue weighted by atomic mass is 32.1. The number of hydrogen-bond donors (Lipinski definition) is 3. The van der Waals surface area contributed by atoms with Crippen LogP contribution in [-0.4, -0.2) is 31.8 Å². The van der Waals surface area contributed by atoms with Crippen molar-refractivity contribution in [3.05, 3.63) is 24.3 Å². The van der Waals surface area contributed by atoms with Gasteiger partial charge in [-0.1, -0.05) is 12.1 Å². The largest absolute Gasteiger partial charge is 0.493 e. The zero-order valence-electron chi connectivity index (χ0n) is 10.1. The topological polar surface area (TPSA) is 71.6 Å². The van der Waals surface area contributed by atoms with E-state index in [2.05, 4.69) is 16.2 Å². The molecule has 0 aromatic heterocycles. The van der Waals surface area contributed by atoms with Gasteiger partial charge in [-0.15, -0.1) is 0 Å². The van der Waals surface area contributed by atoms with Crippen LogP contribution in [0.3, 0.4) is 0 Å². The molecule has 1 aromatic rings. The minimum absolute atomic E-state index is 0.139. The van der Waals surface area contributed by atoms with E-state index < -0.39 is 0 Å². The lowest BCUT2D eigenvalue weighted by molar-refractivity contribution is -0.123. The van der Waals surface area contributed by atoms with Crippen molar-refractivity contribution in [2.45, 2.75) is 0 Å². The SMILES string of the molecule is CNC(=S)NNC(=O)COc1ccccc1OC. The fourth-order valence-corrected chi connectivity index (χ4v) is 1.16. The monoisotopic (exact) mass is 269 g/mol. The molecule has 1 amide bonds. The Labute approximate surface area is 111 Å². The van der Waals surface area contributed by atoms with Crippen molar-refractivity contribution in [3.63, 3.8) is 0 Å². The fourth-order valence-electron chi connectivity index (χ4n) is 1.11. The summed E-state index contributed by atoms with van der Waals surface area (Å²) in [4.78, 5) is 11.4. The highest BCUT2D eigenvalue weighted by molar-refractivity contribution is 7.80. The van der Waals surface area contributed by atoms with Crippen molar-refractivity contribution in [1.82, 2.24) is 16.2 Å². The van der Waals surface area contributed by atoms with Crippen LogP contribution in [0.4, 0.5) is 0 Å². The van der Waals surface area contributed by atoms with Crippen LogP contribution in [0.15, 0.2) is 24.3 Å². The van der Waals surface area contributed by atoms with Gasteiger partial charge in [0.15, 0.2) is 23.2 Å². The first-order chi connectivity index (χ1) is 8.67. The standard InChI is InChI=1S/C11H15N3O3S/c1-12-11(18)14-13-10(15)7-17-9-6-4-3-5-8(9)16-2/h3-6H,7H2,1-2H3,(H,13,15)(H2,12,14,18). The Morgan fingerprint density at radius 1 is 1.28 bits per heavy atom. The Hall–Kier alpha value is -2.02. The van der Waals surface area contributed by atoms with Crippen LogP contribution in [0.1, 0.15) is 0 Å². The molecule has 6 nitrogen and oxygen atoms in total. The molecule has 0 aliphatic rings. The van der Waals surface area contributed by atoms with E-state index in [4.69, 9.17) is 21.7 Å². The van der Waals surface area contributed by atoms with Crippen molar-refractivity contribution in [1.29, 1.82) is 0 Å². The summed E-state index contributed by atoms with van der Waals surface area (Å²) in [7, 11) is 3.18. The van der Waals surface area contributed by atoms with Crippen LogP contribution >= 0.6 is 12.2 Å². The van der Waals surface area contributed by atoms with Gasteiger partial charge in [0, 0.05) is 7.05 Å². The summed E-state index contributed by atoms with van der Waals surface area (Å²) in [5.41, 5.74) is 4.89. The highest BCUT2D eigenvalue weighted by Gasteiger charge is 2.06. The van der Waals surface area contributed by atoms with Crippen LogP contribution in [0.25, 0.3) is 0 Å². The van der Waals surface area contributed by atoms with Gasteiger partial charge in [0.05, 0.1) is 7.11 Å². The van der Waals surface area contributed by atoms with Crippen molar-refractivity contribution < 1.29 is 14.3 Å². The quantitative estimate of drug-likeness (QED) is 0.536. The average molecular weight is 269 g/mol. The molecule has 3 N–H and O–H groups in total. The second-order valence-electron chi connectivity index (χ2n) is 3.19. The molecule has 0 spiro atoms. The Morgan fingerprint density at radius 2 is 1.94 bits per heavy atom. The van der Waals surface area contributed by atoms with Crippen LogP contribution in [-0.2, 0) is 4.79 Å². The number of para-hydroxylation sites is 2. The van der Waals surface area contributed by atoms with E-state index in [1.54, 1.807) is 25.2 Å². The first-order valence-corrected chi connectivity index (χ1v) is 5.60. The number of amides is 1. The Morgan fingerprint density at radius 3 is 2.56 bits per heavy atom. The molecule has 0 aliphatic heterocycles. The van der Waals surface area contributed by atoms with E-state index in [1.165, 1.54) is 7.11 Å². The zero-order chi connectivity index (χ0) is 13.4. The molecule has 7 heteroatoms. The van der Waals surface area contributed by atoms with Gasteiger partial charge in [-0.2, -0.15) is 0 Å². The molecular weight excluding hydrogens is 254 g/mol. The highest BCUT2D eigenvalue weighted by Crippen LogP contribution is 2.25. The summed E-state index contributed by atoms with van der Waals surface area (Å²) in [6, 6.07) is 7.09. The van der Waals surface area contributed by atoms with Gasteiger partial charge >= 0.3 is 0 Å². The summed E-state index contributed by atoms with van der Waals surface area (Å²) >= 11 is 4.79. The third-order valence-electron chi connectivity index (χ3n) is 1.97. The van der Waals surface area contributed by atoms with E-state index >= 15 is 0 Å². The van der Waals surface area contributed by atoms with Gasteiger partial charge in [-0.25, -0.2) is 0 Å². The molecule has 0 heterocycles. The first kappa shape index (κ1) is 14.0. The van der Waals surface area contributed by atoms with E-state index in [-0.39, 0.29) is 12.5 Å². The molecule has 0 saturated heterocycles. The van der Waals surface area contributed by atoms with Crippen molar-refractivity contribution >= 4 is 23.2 Å². The van der Waals surface area contributed by atoms with Gasteiger partial charge in [0.25, 0.3) is 5.91 Å². The van der Waals surface area contributed by atoms with Crippen molar-refractivity contribution in [3.8, 4) is 11.5 Å². The molecule has 1 rings (SSSR count). The number of rotatable bonds is 4. The molecule has 0 bridgehead atoms. The fraction of sp³-hybridized carbons (Fsp3) is 0.273. The summed E-state index contributed by atoms with van der Waals surface area (Å²) in [5.74, 6) is 0.730. The van der Waals surface area contributed by atoms with Crippen molar-refractivity contribution in [2.24, 2.45) is 0 Å². The minimum Gasteiger partial charge on any atom is -0.493 e. The Bertz CT molecular complexity index is 426. The van der Waals surface area contributed by atoms with E-state index in [1.807, 2.05) is 6.07 Å². The number of carbonyl (C=O) groups excluding carboxylic acids is 1. The predicted molar refractivity (Wildman–Crippen MR) is 71.4 cm³/mol. The van der Waals surface area contributed by atoms with Crippen LogP contribution in [0, 0.1) is 0 Å². The molecule has 0 saturated carbocycles. The van der Waals surface area contributed by atoms with Gasteiger partial charge in [0.2, 0.25) is 0 Å². The number of benzene rings is 1. The molecule has 18 heavy (non-hydrogen) atoms. The molecule has 0 aliphatic carbocycles. The number of carbonyl (C=O) groups is 1. The lowest BCUT2D eigenvalue weighted by atomic mass is 10.3. The number of nitrogens with one attached hydrogen (secondary N) is 3. The zero-order valence-corrected chi connectivity index (χ0v) is 11.0. The minimum atomic E-state index is -0.349. The van der Waals surface area contributed by atoms with Crippen LogP contribution < -0.4 is 25.6 Å². The normalized spacial score (nSPS) is 9.22. The van der Waals surface area contributed by atoms with E-state index in [0.717, 1.165) is 0 Å². The first-order valence-electron chi connectivity index (χ1n) is 5.19. The van der Waals surface area contributed by atoms with Crippen molar-refractivity contribution in [2.75, 3.05) is 20.8 Å². The molecule has 0 fully saturated rings. The van der Waals surface area contributed by atoms with E-state index in [9.17, 15) is 4.79 Å². The summed E-state index contributed by atoms with van der Waals surface area (Å²) in [6.45, 7) is -0.139. The molecular formula is C11H15N3O3S. The third kappa shape index (κ3) is 4.46. The second kappa shape index (κ2) is 7.33. The lowest BCUT2D eigenvalue weighted by Crippen LogP contribution is -2.47. The number of ether oxygens (including phenoxy) is 2. The molecule has 98 valence electrons. The van der Waals surface area contributed by atoms with Crippen LogP contribution in [0.2, 0.25) is 0 Å². The van der Waals surface area contributed by atoms with Crippen LogP contribution in [0.5, 0.6) is 11.5 Å². The summed E-state index contributed by atoms with van der Waals surface area (Å²) < 4.78 is 10.4. The molecule has 0 radical (unpaired) electrons. The number of hydrogen-bond acceptors (Lipinski definition) is 4. The number of methoxy groups -OCH3 is 1. The maximum Gasteiger partial charge on any atom is 0.276 e. The second-order valence-corrected chi connectivity index (χ2v) is 3.60. The Balaban J connectivity index is 2.40. The predicted octanol–water partition coefficient (Wildman–Crippen LogP) is 0.199. The molecule has 0 atom stereocenters. The Kier molecular flexibility index (Phi) is 5.72. The lowest BCUT2D eigenvalue weighted by Gasteiger charge is -2.11. The van der Waals surface area contributed by atoms with Gasteiger partial charge < -0.3 is 14.8 Å². The summed E-state index contributed by atoms with van der Waals surface area (Å²) in [5, 5.41) is 2.98. The number of hydrazine groups is 1. The summed E-state index contributed by atoms with van der Waals surface area (Å²) in [6.07, 6.45) is 0.